The number of rotatable bonds is 8. The van der Waals surface area contributed by atoms with Crippen molar-refractivity contribution in [3.05, 3.63) is 89.0 Å². The number of nitriles is 1. The van der Waals surface area contributed by atoms with Crippen LogP contribution in [0.3, 0.4) is 0 Å². The number of halogens is 2. The smallest absolute Gasteiger partial charge is 0.128 e. The first-order chi connectivity index (χ1) is 18.5. The highest BCUT2D eigenvalue weighted by molar-refractivity contribution is 6.34. The lowest BCUT2D eigenvalue weighted by atomic mass is 10.0. The number of benzene rings is 2. The molecule has 196 valence electrons. The van der Waals surface area contributed by atoms with Gasteiger partial charge in [0.05, 0.1) is 28.8 Å². The Bertz CT molecular complexity index is 1400. The van der Waals surface area contributed by atoms with E-state index in [0.29, 0.717) is 23.7 Å². The molecule has 0 unspecified atom stereocenters. The van der Waals surface area contributed by atoms with Crippen LogP contribution < -0.4 is 5.32 Å². The van der Waals surface area contributed by atoms with Crippen molar-refractivity contribution in [2.45, 2.75) is 26.8 Å². The first-order valence-electron chi connectivity index (χ1n) is 12.8. The van der Waals surface area contributed by atoms with Crippen LogP contribution in [0.25, 0.3) is 16.5 Å². The zero-order valence-electron chi connectivity index (χ0n) is 21.8. The number of pyridine rings is 1. The average molecular weight is 531 g/mol. The molecule has 1 fully saturated rings. The van der Waals surface area contributed by atoms with Gasteiger partial charge in [0.25, 0.3) is 0 Å². The number of amidine groups is 1. The number of fused-ring (bicyclic) bond motifs is 1. The largest absolute Gasteiger partial charge is 0.379 e. The molecule has 8 heteroatoms. The van der Waals surface area contributed by atoms with Crippen molar-refractivity contribution < 1.29 is 4.39 Å². The van der Waals surface area contributed by atoms with E-state index in [1.54, 1.807) is 18.3 Å². The summed E-state index contributed by atoms with van der Waals surface area (Å²) in [5, 5.41) is 13.6. The van der Waals surface area contributed by atoms with Crippen molar-refractivity contribution in [2.75, 3.05) is 38.0 Å². The maximum absolute atomic E-state index is 14.2. The SMILES string of the molecule is CC/C=C/C(=C\N=C(C)N1CCN(CC#N)CC1)c1ccc2ncc(Cl)c(NCc3ccccc3F)c2c1. The fourth-order valence-electron chi connectivity index (χ4n) is 4.39. The Balaban J connectivity index is 1.63. The number of nitrogens with one attached hydrogen (secondary N) is 1. The molecular formula is C30H32ClFN6. The van der Waals surface area contributed by atoms with Gasteiger partial charge in [-0.05, 0) is 42.7 Å². The molecule has 0 atom stereocenters. The number of hydrogen-bond acceptors (Lipinski definition) is 5. The van der Waals surface area contributed by atoms with Crippen LogP contribution in [0.15, 0.2) is 72.0 Å². The fourth-order valence-corrected chi connectivity index (χ4v) is 4.60. The van der Waals surface area contributed by atoms with Crippen LogP contribution in [0.1, 0.15) is 31.4 Å². The number of nitrogens with zero attached hydrogens (tertiary/aromatic N) is 5. The minimum absolute atomic E-state index is 0.259. The minimum atomic E-state index is -0.259. The van der Waals surface area contributed by atoms with Gasteiger partial charge in [-0.2, -0.15) is 5.26 Å². The number of piperazine rings is 1. The molecule has 0 aliphatic carbocycles. The summed E-state index contributed by atoms with van der Waals surface area (Å²) in [4.78, 5) is 13.7. The monoisotopic (exact) mass is 530 g/mol. The normalized spacial score (nSPS) is 15.3. The molecule has 0 bridgehead atoms. The minimum Gasteiger partial charge on any atom is -0.379 e. The molecule has 2 aromatic carbocycles. The molecule has 4 rings (SSSR count). The molecule has 0 amide bonds. The van der Waals surface area contributed by atoms with Crippen LogP contribution in [0.4, 0.5) is 10.1 Å². The van der Waals surface area contributed by atoms with Crippen LogP contribution in [0.5, 0.6) is 0 Å². The highest BCUT2D eigenvalue weighted by Crippen LogP contribution is 2.32. The third kappa shape index (κ3) is 6.77. The summed E-state index contributed by atoms with van der Waals surface area (Å²) in [7, 11) is 0. The first-order valence-corrected chi connectivity index (χ1v) is 13.2. The Hall–Kier alpha value is -3.73. The van der Waals surface area contributed by atoms with Crippen LogP contribution in [0.2, 0.25) is 5.02 Å². The van der Waals surface area contributed by atoms with Crippen molar-refractivity contribution in [3.8, 4) is 6.07 Å². The molecule has 1 aliphatic heterocycles. The maximum Gasteiger partial charge on any atom is 0.128 e. The van der Waals surface area contributed by atoms with Gasteiger partial charge in [0.1, 0.15) is 11.7 Å². The number of allylic oxidation sites excluding steroid dienone is 3. The Labute approximate surface area is 228 Å². The van der Waals surface area contributed by atoms with E-state index in [0.717, 1.165) is 66.2 Å². The van der Waals surface area contributed by atoms with E-state index < -0.39 is 0 Å². The standard InChI is InChI=1S/C30H32ClFN6/c1-3-4-7-24(19-34-22(2)38-16-14-37(13-12-33)15-17-38)23-10-11-29-26(18-23)30(27(31)21-35-29)36-20-25-8-5-6-9-28(25)32/h4-11,18-19,21H,3,13-17,20H2,1-2H3,(H,35,36)/b7-4+,24-19+,34-22?. The predicted molar refractivity (Wildman–Crippen MR) is 155 cm³/mol. The second-order valence-corrected chi connectivity index (χ2v) is 9.56. The number of aromatic nitrogens is 1. The molecule has 6 nitrogen and oxygen atoms in total. The lowest BCUT2D eigenvalue weighted by Gasteiger charge is -2.34. The molecule has 1 aliphatic rings. The van der Waals surface area contributed by atoms with Crippen LogP contribution in [-0.4, -0.2) is 53.3 Å². The third-order valence-electron chi connectivity index (χ3n) is 6.62. The van der Waals surface area contributed by atoms with Crippen LogP contribution in [0, 0.1) is 17.1 Å². The Morgan fingerprint density at radius 2 is 2.00 bits per heavy atom. The zero-order chi connectivity index (χ0) is 26.9. The summed E-state index contributed by atoms with van der Waals surface area (Å²) in [5.74, 6) is 0.687. The summed E-state index contributed by atoms with van der Waals surface area (Å²) in [6.07, 6.45) is 8.60. The molecule has 0 radical (unpaired) electrons. The molecule has 2 heterocycles. The lowest BCUT2D eigenvalue weighted by Crippen LogP contribution is -2.48. The van der Waals surface area contributed by atoms with Gasteiger partial charge in [0, 0.05) is 56.1 Å². The predicted octanol–water partition coefficient (Wildman–Crippen LogP) is 6.51. The third-order valence-corrected chi connectivity index (χ3v) is 6.90. The van der Waals surface area contributed by atoms with Gasteiger partial charge in [-0.3, -0.25) is 9.88 Å². The highest BCUT2D eigenvalue weighted by Gasteiger charge is 2.17. The topological polar surface area (TPSA) is 67.5 Å². The summed E-state index contributed by atoms with van der Waals surface area (Å²) in [6.45, 7) is 8.30. The van der Waals surface area contributed by atoms with Gasteiger partial charge in [0.2, 0.25) is 0 Å². The summed E-state index contributed by atoms with van der Waals surface area (Å²) in [6, 6.07) is 15.0. The van der Waals surface area contributed by atoms with Crippen molar-refractivity contribution in [3.63, 3.8) is 0 Å². The van der Waals surface area contributed by atoms with Gasteiger partial charge >= 0.3 is 0 Å². The molecule has 1 aromatic heterocycles. The quantitative estimate of drug-likeness (QED) is 0.156. The Morgan fingerprint density at radius 1 is 1.21 bits per heavy atom. The first kappa shape index (κ1) is 27.3. The van der Waals surface area contributed by atoms with Crippen molar-refractivity contribution in [1.82, 2.24) is 14.8 Å². The summed E-state index contributed by atoms with van der Waals surface area (Å²) in [5.41, 5.74) is 4.03. The molecule has 1 N–H and O–H groups in total. The maximum atomic E-state index is 14.2. The summed E-state index contributed by atoms with van der Waals surface area (Å²) < 4.78 is 14.2. The Kier molecular flexibility index (Phi) is 9.47. The van der Waals surface area contributed by atoms with Crippen molar-refractivity contribution in [2.24, 2.45) is 4.99 Å². The van der Waals surface area contributed by atoms with Crippen molar-refractivity contribution in [1.29, 1.82) is 5.26 Å². The highest BCUT2D eigenvalue weighted by atomic mass is 35.5. The lowest BCUT2D eigenvalue weighted by molar-refractivity contribution is 0.199. The molecule has 0 saturated carbocycles. The van der Waals surface area contributed by atoms with E-state index in [2.05, 4.69) is 51.3 Å². The van der Waals surface area contributed by atoms with Gasteiger partial charge in [-0.1, -0.05) is 54.9 Å². The van der Waals surface area contributed by atoms with E-state index in [1.165, 1.54) is 6.07 Å². The average Bonchev–Trinajstić information content (AvgIpc) is 2.93. The second-order valence-electron chi connectivity index (χ2n) is 9.15. The molecular weight excluding hydrogens is 499 g/mol. The van der Waals surface area contributed by atoms with E-state index in [1.807, 2.05) is 31.3 Å². The second kappa shape index (κ2) is 13.2. The van der Waals surface area contributed by atoms with Crippen LogP contribution >= 0.6 is 11.6 Å². The molecule has 0 spiro atoms. The van der Waals surface area contributed by atoms with Gasteiger partial charge in [0.15, 0.2) is 0 Å². The van der Waals surface area contributed by atoms with E-state index in [4.69, 9.17) is 21.9 Å². The number of hydrogen-bond donors (Lipinski definition) is 1. The van der Waals surface area contributed by atoms with Crippen LogP contribution in [-0.2, 0) is 6.54 Å². The molecule has 1 saturated heterocycles. The van der Waals surface area contributed by atoms with E-state index in [-0.39, 0.29) is 5.82 Å². The van der Waals surface area contributed by atoms with Gasteiger partial charge in [-0.25, -0.2) is 9.38 Å². The van der Waals surface area contributed by atoms with E-state index >= 15 is 0 Å². The van der Waals surface area contributed by atoms with Gasteiger partial charge < -0.3 is 10.2 Å². The van der Waals surface area contributed by atoms with E-state index in [9.17, 15) is 4.39 Å². The fraction of sp³-hybridized carbons (Fsp3) is 0.300. The number of anilines is 1. The molecule has 3 aromatic rings. The molecule has 38 heavy (non-hydrogen) atoms. The number of aliphatic imine (C=N–C) groups is 1. The summed E-state index contributed by atoms with van der Waals surface area (Å²) >= 11 is 6.55. The van der Waals surface area contributed by atoms with Gasteiger partial charge in [-0.15, -0.1) is 0 Å². The van der Waals surface area contributed by atoms with Crippen molar-refractivity contribution >= 4 is 39.6 Å². The Morgan fingerprint density at radius 3 is 2.74 bits per heavy atom. The zero-order valence-corrected chi connectivity index (χ0v) is 22.5.